The van der Waals surface area contributed by atoms with Gasteiger partial charge in [0.15, 0.2) is 17.5 Å². The molecule has 0 saturated carbocycles. The smallest absolute Gasteiger partial charge is 0.306 e. The second-order valence-electron chi connectivity index (χ2n) is 7.30. The number of ketones is 1. The number of carbonyl (C=O) groups excluding carboxylic acids is 3. The van der Waals surface area contributed by atoms with Crippen molar-refractivity contribution in [2.75, 3.05) is 11.9 Å². The molecule has 0 saturated heterocycles. The number of nitrogens with one attached hydrogen (secondary N) is 1. The molecule has 1 N–H and O–H groups in total. The second kappa shape index (κ2) is 9.46. The Balaban J connectivity index is 1.76. The molecule has 148 valence electrons. The van der Waals surface area contributed by atoms with Gasteiger partial charge in [-0.2, -0.15) is 0 Å². The molecule has 1 amide bonds. The quantitative estimate of drug-likeness (QED) is 0.426. The van der Waals surface area contributed by atoms with Gasteiger partial charge in [-0.05, 0) is 23.1 Å². The minimum Gasteiger partial charge on any atom is -0.456 e. The first-order chi connectivity index (χ1) is 13.2. The number of carbonyl (C=O) groups is 3. The van der Waals surface area contributed by atoms with Crippen LogP contribution in [0.5, 0.6) is 0 Å². The van der Waals surface area contributed by atoms with Gasteiger partial charge >= 0.3 is 5.97 Å². The fraction of sp³-hybridized carbons (Fsp3) is 0.333. The number of benzene rings is 1. The average Bonchev–Trinajstić information content (AvgIpc) is 2.65. The van der Waals surface area contributed by atoms with Crippen LogP contribution in [0.15, 0.2) is 42.6 Å². The molecule has 1 aromatic heterocycles. The first-order valence-corrected chi connectivity index (χ1v) is 9.24. The van der Waals surface area contributed by atoms with Crippen LogP contribution in [0.4, 0.5) is 5.69 Å². The number of anilines is 1. The summed E-state index contributed by atoms with van der Waals surface area (Å²) >= 11 is 5.84. The summed E-state index contributed by atoms with van der Waals surface area (Å²) < 4.78 is 4.90. The summed E-state index contributed by atoms with van der Waals surface area (Å²) in [5.74, 6) is -1.30. The minimum atomic E-state index is -0.618. The molecule has 0 bridgehead atoms. The van der Waals surface area contributed by atoms with E-state index in [-0.39, 0.29) is 29.2 Å². The predicted molar refractivity (Wildman–Crippen MR) is 108 cm³/mol. The van der Waals surface area contributed by atoms with E-state index < -0.39 is 18.5 Å². The lowest BCUT2D eigenvalue weighted by Gasteiger charge is -2.18. The maximum Gasteiger partial charge on any atom is 0.306 e. The van der Waals surface area contributed by atoms with Gasteiger partial charge in [0, 0.05) is 18.2 Å². The molecular weight excluding hydrogens is 380 g/mol. The van der Waals surface area contributed by atoms with Gasteiger partial charge in [0.2, 0.25) is 0 Å². The zero-order chi connectivity index (χ0) is 20.7. The third-order valence-electron chi connectivity index (χ3n) is 4.03. The van der Waals surface area contributed by atoms with Crippen molar-refractivity contribution in [3.63, 3.8) is 0 Å². The average molecular weight is 403 g/mol. The maximum absolute atomic E-state index is 12.2. The number of ether oxygens (including phenoxy) is 1. The summed E-state index contributed by atoms with van der Waals surface area (Å²) in [6.45, 7) is 5.83. The Hall–Kier alpha value is -2.73. The van der Waals surface area contributed by atoms with Gasteiger partial charge in [0.25, 0.3) is 5.91 Å². The van der Waals surface area contributed by atoms with Crippen LogP contribution in [-0.2, 0) is 19.7 Å². The van der Waals surface area contributed by atoms with Crippen LogP contribution < -0.4 is 5.32 Å². The van der Waals surface area contributed by atoms with Gasteiger partial charge in [-0.1, -0.05) is 56.6 Å². The standard InChI is InChI=1S/C21H23ClN2O4/c1-21(2,3)15-8-6-14(7-9-15)17(25)10-11-19(27)28-13-18(26)24-16-5-4-12-23-20(16)22/h4-9,12H,10-11,13H2,1-3H3,(H,24,26). The van der Waals surface area contributed by atoms with Crippen molar-refractivity contribution in [2.24, 2.45) is 0 Å². The van der Waals surface area contributed by atoms with Crippen LogP contribution in [0.2, 0.25) is 5.15 Å². The highest BCUT2D eigenvalue weighted by Gasteiger charge is 2.16. The Morgan fingerprint density at radius 1 is 1.07 bits per heavy atom. The van der Waals surface area contributed by atoms with Crippen LogP contribution in [-0.4, -0.2) is 29.3 Å². The summed E-state index contributed by atoms with van der Waals surface area (Å²) in [7, 11) is 0. The van der Waals surface area contributed by atoms with Crippen LogP contribution >= 0.6 is 11.6 Å². The Bertz CT molecular complexity index is 857. The number of pyridine rings is 1. The number of amides is 1. The SMILES string of the molecule is CC(C)(C)c1ccc(C(=O)CCC(=O)OCC(=O)Nc2cccnc2Cl)cc1. The molecule has 0 spiro atoms. The number of hydrogen-bond acceptors (Lipinski definition) is 5. The molecule has 0 fully saturated rings. The number of nitrogens with zero attached hydrogens (tertiary/aromatic N) is 1. The Morgan fingerprint density at radius 2 is 1.75 bits per heavy atom. The van der Waals surface area contributed by atoms with E-state index in [2.05, 4.69) is 31.1 Å². The van der Waals surface area contributed by atoms with Crippen LogP contribution in [0, 0.1) is 0 Å². The lowest BCUT2D eigenvalue weighted by atomic mass is 9.86. The number of hydrogen-bond donors (Lipinski definition) is 1. The maximum atomic E-state index is 12.2. The molecule has 0 unspecified atom stereocenters. The highest BCUT2D eigenvalue weighted by molar-refractivity contribution is 6.32. The summed E-state index contributed by atoms with van der Waals surface area (Å²) in [6.07, 6.45) is 1.41. The van der Waals surface area contributed by atoms with Gasteiger partial charge in [-0.3, -0.25) is 14.4 Å². The van der Waals surface area contributed by atoms with E-state index in [0.29, 0.717) is 11.3 Å². The molecule has 0 radical (unpaired) electrons. The molecule has 1 aromatic carbocycles. The van der Waals surface area contributed by atoms with Gasteiger partial charge < -0.3 is 10.1 Å². The third-order valence-corrected chi connectivity index (χ3v) is 4.33. The highest BCUT2D eigenvalue weighted by Crippen LogP contribution is 2.22. The zero-order valence-corrected chi connectivity index (χ0v) is 16.9. The summed E-state index contributed by atoms with van der Waals surface area (Å²) in [6, 6.07) is 10.6. The molecule has 0 aliphatic carbocycles. The van der Waals surface area contributed by atoms with Crippen molar-refractivity contribution in [3.05, 3.63) is 58.9 Å². The molecule has 0 aliphatic heterocycles. The van der Waals surface area contributed by atoms with Crippen molar-refractivity contribution < 1.29 is 19.1 Å². The molecule has 6 nitrogen and oxygen atoms in total. The lowest BCUT2D eigenvalue weighted by Crippen LogP contribution is -2.21. The van der Waals surface area contributed by atoms with Gasteiger partial charge in [0.05, 0.1) is 12.1 Å². The first-order valence-electron chi connectivity index (χ1n) is 8.86. The molecule has 0 aliphatic rings. The lowest BCUT2D eigenvalue weighted by molar-refractivity contribution is -0.147. The summed E-state index contributed by atoms with van der Waals surface area (Å²) in [5, 5.41) is 2.64. The van der Waals surface area contributed by atoms with E-state index in [1.807, 2.05) is 12.1 Å². The molecule has 28 heavy (non-hydrogen) atoms. The van der Waals surface area contributed by atoms with Crippen molar-refractivity contribution in [3.8, 4) is 0 Å². The summed E-state index contributed by atoms with van der Waals surface area (Å²) in [5.41, 5.74) is 2.01. The monoisotopic (exact) mass is 402 g/mol. The second-order valence-corrected chi connectivity index (χ2v) is 7.66. The molecular formula is C21H23ClN2O4. The zero-order valence-electron chi connectivity index (χ0n) is 16.1. The molecule has 0 atom stereocenters. The van der Waals surface area contributed by atoms with Crippen molar-refractivity contribution in [1.82, 2.24) is 4.98 Å². The fourth-order valence-corrected chi connectivity index (χ4v) is 2.57. The van der Waals surface area contributed by atoms with Crippen molar-refractivity contribution in [2.45, 2.75) is 39.0 Å². The van der Waals surface area contributed by atoms with E-state index in [0.717, 1.165) is 5.56 Å². The van der Waals surface area contributed by atoms with E-state index in [1.54, 1.807) is 24.3 Å². The van der Waals surface area contributed by atoms with E-state index in [4.69, 9.17) is 16.3 Å². The van der Waals surface area contributed by atoms with Crippen molar-refractivity contribution >= 4 is 34.9 Å². The van der Waals surface area contributed by atoms with E-state index in [9.17, 15) is 14.4 Å². The molecule has 1 heterocycles. The summed E-state index contributed by atoms with van der Waals surface area (Å²) in [4.78, 5) is 39.6. The number of Topliss-reactive ketones (excluding diaryl/α,β-unsaturated/α-hetero) is 1. The number of aromatic nitrogens is 1. The Labute approximate surface area is 169 Å². The van der Waals surface area contributed by atoms with Gasteiger partial charge in [-0.15, -0.1) is 0 Å². The fourth-order valence-electron chi connectivity index (χ4n) is 2.40. The minimum absolute atomic E-state index is 0.00595. The molecule has 2 aromatic rings. The van der Waals surface area contributed by atoms with Crippen LogP contribution in [0.3, 0.4) is 0 Å². The van der Waals surface area contributed by atoms with Crippen LogP contribution in [0.25, 0.3) is 0 Å². The van der Waals surface area contributed by atoms with Crippen molar-refractivity contribution in [1.29, 1.82) is 0 Å². The van der Waals surface area contributed by atoms with Crippen LogP contribution in [0.1, 0.15) is 49.5 Å². The number of rotatable bonds is 7. The van der Waals surface area contributed by atoms with Gasteiger partial charge in [-0.25, -0.2) is 4.98 Å². The topological polar surface area (TPSA) is 85.4 Å². The number of halogens is 1. The van der Waals surface area contributed by atoms with Gasteiger partial charge in [0.1, 0.15) is 0 Å². The molecule has 2 rings (SSSR count). The van der Waals surface area contributed by atoms with E-state index >= 15 is 0 Å². The predicted octanol–water partition coefficient (Wildman–Crippen LogP) is 4.18. The normalized spacial score (nSPS) is 11.0. The largest absolute Gasteiger partial charge is 0.456 e. The molecule has 7 heteroatoms. The number of esters is 1. The van der Waals surface area contributed by atoms with E-state index in [1.165, 1.54) is 6.20 Å². The highest BCUT2D eigenvalue weighted by atomic mass is 35.5. The Morgan fingerprint density at radius 3 is 2.36 bits per heavy atom. The first kappa shape index (κ1) is 21.6. The Kier molecular flexibility index (Phi) is 7.29. The third kappa shape index (κ3) is 6.46.